The number of esters is 1. The number of carbonyl (C=O) groups excluding carboxylic acids is 3. The van der Waals surface area contributed by atoms with Gasteiger partial charge in [0.2, 0.25) is 0 Å². The number of Topliss-reactive ketones (excluding diaryl/α,β-unsaturated/α-hetero) is 1. The average molecular weight is 412 g/mol. The predicted molar refractivity (Wildman–Crippen MR) is 84.9 cm³/mol. The number of carboxylic acid groups (broad SMARTS) is 1. The van der Waals surface area contributed by atoms with Crippen molar-refractivity contribution in [1.82, 2.24) is 0 Å². The Morgan fingerprint density at radius 2 is 1.68 bits per heavy atom. The Morgan fingerprint density at radius 3 is 2.14 bits per heavy atom. The largest absolute Gasteiger partial charge is 1.00 e. The zero-order chi connectivity index (χ0) is 20.6. The molecule has 0 aromatic carbocycles. The smallest absolute Gasteiger partial charge is 0.542 e. The quantitative estimate of drug-likeness (QED) is 0.248. The molecular formula is C17H25NaO10. The van der Waals surface area contributed by atoms with Gasteiger partial charge >= 0.3 is 35.5 Å². The number of ketones is 1. The third-order valence-electron chi connectivity index (χ3n) is 4.19. The van der Waals surface area contributed by atoms with Crippen molar-refractivity contribution in [3.05, 3.63) is 0 Å². The second-order valence-electron chi connectivity index (χ2n) is 7.49. The van der Waals surface area contributed by atoms with Gasteiger partial charge in [-0.15, -0.1) is 0 Å². The van der Waals surface area contributed by atoms with Crippen LogP contribution in [0.1, 0.15) is 41.0 Å². The van der Waals surface area contributed by atoms with E-state index in [9.17, 15) is 24.6 Å². The Hall–Kier alpha value is -0.590. The summed E-state index contributed by atoms with van der Waals surface area (Å²) in [4.78, 5) is 33.7. The molecule has 11 heteroatoms. The number of ether oxygens (including phenoxy) is 5. The first-order chi connectivity index (χ1) is 12.3. The Labute approximate surface area is 185 Å². The Balaban J connectivity index is 0.00000392. The van der Waals surface area contributed by atoms with Crippen LogP contribution in [0.4, 0.5) is 0 Å². The van der Waals surface area contributed by atoms with E-state index in [0.717, 1.165) is 0 Å². The number of aliphatic hydroxyl groups excluding tert-OH is 1. The van der Waals surface area contributed by atoms with E-state index in [1.807, 2.05) is 0 Å². The molecule has 0 radical (unpaired) electrons. The molecule has 0 amide bonds. The summed E-state index contributed by atoms with van der Waals surface area (Å²) in [5, 5.41) is 21.0. The molecule has 0 aromatic heterocycles. The molecule has 0 aromatic rings. The summed E-state index contributed by atoms with van der Waals surface area (Å²) in [5.74, 6) is -5.87. The number of hydrogen-bond acceptors (Lipinski definition) is 10. The molecule has 0 aliphatic carbocycles. The zero-order valence-corrected chi connectivity index (χ0v) is 18.9. The number of carboxylic acids is 1. The van der Waals surface area contributed by atoms with Crippen molar-refractivity contribution < 1.29 is 77.8 Å². The van der Waals surface area contributed by atoms with E-state index in [4.69, 9.17) is 23.7 Å². The van der Waals surface area contributed by atoms with Gasteiger partial charge in [-0.25, -0.2) is 0 Å². The Morgan fingerprint density at radius 1 is 1.11 bits per heavy atom. The van der Waals surface area contributed by atoms with E-state index >= 15 is 0 Å². The molecule has 0 saturated carbocycles. The maximum Gasteiger partial charge on any atom is 1.00 e. The molecule has 2 aliphatic rings. The van der Waals surface area contributed by atoms with Crippen LogP contribution in [0.15, 0.2) is 0 Å². The Kier molecular flexibility index (Phi) is 8.62. The standard InChI is InChI=1S/C17H26O10.Na/c1-8(18)24-13(11-7-23-16(2,3)25-11)14-12(26-17(4,5)27-14)9(19)6-10(20)15(21)22;/h9,11-14,19H,6-7H2,1-5H3,(H,21,22);/q;+1/p-1/t9-,11+,12+,13+,14+;/m0./s1. The first-order valence-electron chi connectivity index (χ1n) is 8.58. The summed E-state index contributed by atoms with van der Waals surface area (Å²) in [6, 6.07) is 0. The molecule has 10 nitrogen and oxygen atoms in total. The number of aliphatic hydroxyl groups is 1. The van der Waals surface area contributed by atoms with Gasteiger partial charge in [-0.3, -0.25) is 9.59 Å². The molecule has 154 valence electrons. The molecule has 0 unspecified atom stereocenters. The number of aliphatic carboxylic acids is 1. The molecule has 2 aliphatic heterocycles. The molecule has 0 spiro atoms. The van der Waals surface area contributed by atoms with Gasteiger partial charge in [-0.2, -0.15) is 0 Å². The normalized spacial score (nSPS) is 30.1. The van der Waals surface area contributed by atoms with E-state index in [0.29, 0.717) is 0 Å². The average Bonchev–Trinajstić information content (AvgIpc) is 3.03. The number of carbonyl (C=O) groups is 3. The van der Waals surface area contributed by atoms with Crippen molar-refractivity contribution in [2.75, 3.05) is 6.61 Å². The van der Waals surface area contributed by atoms with E-state index in [1.165, 1.54) is 6.92 Å². The minimum atomic E-state index is -1.91. The van der Waals surface area contributed by atoms with Gasteiger partial charge in [0.25, 0.3) is 0 Å². The summed E-state index contributed by atoms with van der Waals surface area (Å²) < 4.78 is 28.1. The molecular weight excluding hydrogens is 387 g/mol. The van der Waals surface area contributed by atoms with Gasteiger partial charge in [-0.1, -0.05) is 0 Å². The van der Waals surface area contributed by atoms with Crippen LogP contribution in [0.3, 0.4) is 0 Å². The van der Waals surface area contributed by atoms with Gasteiger partial charge in [-0.05, 0) is 27.7 Å². The molecule has 2 fully saturated rings. The first kappa shape index (κ1) is 25.4. The third kappa shape index (κ3) is 6.46. The van der Waals surface area contributed by atoms with Gasteiger partial charge in [0.05, 0.1) is 12.7 Å². The summed E-state index contributed by atoms with van der Waals surface area (Å²) in [6.07, 6.45) is -6.13. The second kappa shape index (κ2) is 9.48. The molecule has 5 atom stereocenters. The van der Waals surface area contributed by atoms with Crippen LogP contribution in [-0.2, 0) is 38.1 Å². The molecule has 28 heavy (non-hydrogen) atoms. The summed E-state index contributed by atoms with van der Waals surface area (Å²) in [5.41, 5.74) is 0. The molecule has 2 heterocycles. The minimum Gasteiger partial charge on any atom is -0.542 e. The number of hydrogen-bond donors (Lipinski definition) is 1. The van der Waals surface area contributed by atoms with E-state index < -0.39 is 66.2 Å². The van der Waals surface area contributed by atoms with E-state index in [-0.39, 0.29) is 36.2 Å². The van der Waals surface area contributed by atoms with Crippen molar-refractivity contribution >= 4 is 17.7 Å². The van der Waals surface area contributed by atoms with Crippen molar-refractivity contribution in [3.63, 3.8) is 0 Å². The van der Waals surface area contributed by atoms with Crippen molar-refractivity contribution in [2.24, 2.45) is 0 Å². The maximum atomic E-state index is 11.6. The van der Waals surface area contributed by atoms with Crippen LogP contribution in [0, 0.1) is 0 Å². The minimum absolute atomic E-state index is 0. The first-order valence-corrected chi connectivity index (χ1v) is 8.58. The summed E-state index contributed by atoms with van der Waals surface area (Å²) >= 11 is 0. The summed E-state index contributed by atoms with van der Waals surface area (Å²) in [6.45, 7) is 7.85. The fourth-order valence-corrected chi connectivity index (χ4v) is 3.18. The van der Waals surface area contributed by atoms with Crippen LogP contribution < -0.4 is 34.7 Å². The van der Waals surface area contributed by atoms with Crippen molar-refractivity contribution in [2.45, 2.75) is 83.1 Å². The molecule has 2 rings (SSSR count). The fraction of sp³-hybridized carbons (Fsp3) is 0.824. The number of rotatable bonds is 7. The summed E-state index contributed by atoms with van der Waals surface area (Å²) in [7, 11) is 0. The van der Waals surface area contributed by atoms with Gasteiger partial charge in [0.1, 0.15) is 24.3 Å². The van der Waals surface area contributed by atoms with Crippen LogP contribution in [-0.4, -0.2) is 71.5 Å². The van der Waals surface area contributed by atoms with E-state index in [1.54, 1.807) is 27.7 Å². The van der Waals surface area contributed by atoms with Crippen LogP contribution in [0.2, 0.25) is 0 Å². The topological polar surface area (TPSA) is 141 Å². The van der Waals surface area contributed by atoms with Crippen molar-refractivity contribution in [3.8, 4) is 0 Å². The van der Waals surface area contributed by atoms with Crippen molar-refractivity contribution in [1.29, 1.82) is 0 Å². The molecule has 1 N–H and O–H groups in total. The SMILES string of the molecule is CC(=O)O[C@@H]([C@@H]1OC(C)(C)O[C@@H]1[C@@H](O)CC(=O)C(=O)[O-])[C@H]1COC(C)(C)O1.[Na+]. The molecule has 2 saturated heterocycles. The monoisotopic (exact) mass is 412 g/mol. The Bertz CT molecular complexity index is 605. The maximum absolute atomic E-state index is 11.6. The third-order valence-corrected chi connectivity index (χ3v) is 4.19. The zero-order valence-electron chi connectivity index (χ0n) is 16.9. The predicted octanol–water partition coefficient (Wildman–Crippen LogP) is -4.34. The molecule has 0 bridgehead atoms. The van der Waals surface area contributed by atoms with Crippen LogP contribution >= 0.6 is 0 Å². The van der Waals surface area contributed by atoms with Gasteiger partial charge in [0, 0.05) is 13.3 Å². The van der Waals surface area contributed by atoms with Crippen LogP contribution in [0.25, 0.3) is 0 Å². The fourth-order valence-electron chi connectivity index (χ4n) is 3.18. The van der Waals surface area contributed by atoms with Crippen LogP contribution in [0.5, 0.6) is 0 Å². The van der Waals surface area contributed by atoms with Gasteiger partial charge < -0.3 is 38.7 Å². The van der Waals surface area contributed by atoms with E-state index in [2.05, 4.69) is 0 Å². The second-order valence-corrected chi connectivity index (χ2v) is 7.49. The van der Waals surface area contributed by atoms with Gasteiger partial charge in [0.15, 0.2) is 23.5 Å².